The van der Waals surface area contributed by atoms with Crippen molar-refractivity contribution in [3.8, 4) is 0 Å². The van der Waals surface area contributed by atoms with Crippen molar-refractivity contribution in [3.63, 3.8) is 0 Å². The Balaban J connectivity index is 2.08. The molecule has 2 atom stereocenters. The van der Waals surface area contributed by atoms with Crippen molar-refractivity contribution in [1.82, 2.24) is 4.90 Å². The van der Waals surface area contributed by atoms with Crippen LogP contribution in [-0.4, -0.2) is 22.0 Å². The number of nitrogens with zero attached hydrogens (tertiary/aromatic N) is 1. The molecule has 0 saturated heterocycles. The number of carbonyl (C=O) groups excluding carboxylic acids is 1. The zero-order chi connectivity index (χ0) is 11.8. The monoisotopic (exact) mass is 241 g/mol. The van der Waals surface area contributed by atoms with Crippen molar-refractivity contribution in [2.45, 2.75) is 31.1 Å². The van der Waals surface area contributed by atoms with Crippen molar-refractivity contribution in [3.05, 3.63) is 35.9 Å². The van der Waals surface area contributed by atoms with Crippen LogP contribution >= 0.6 is 11.6 Å². The van der Waals surface area contributed by atoms with Gasteiger partial charge in [0.25, 0.3) is 0 Å². The molecule has 1 aliphatic rings. The van der Waals surface area contributed by atoms with Crippen LogP contribution < -0.4 is 0 Å². The highest BCUT2D eigenvalue weighted by Crippen LogP contribution is 2.48. The number of hydrogen-bond acceptors (Lipinski definition) is 1. The van der Waals surface area contributed by atoms with Crippen LogP contribution in [0.3, 0.4) is 0 Å². The number of alkyl halides is 2. The average molecular weight is 242 g/mol. The molecule has 0 aliphatic heterocycles. The number of rotatable bonds is 3. The van der Waals surface area contributed by atoms with E-state index in [1.165, 1.54) is 11.8 Å². The molecule has 1 fully saturated rings. The summed E-state index contributed by atoms with van der Waals surface area (Å²) in [5.41, 5.74) is 0.983. The van der Waals surface area contributed by atoms with Crippen LogP contribution in [0.5, 0.6) is 0 Å². The Kier molecular flexibility index (Phi) is 2.89. The minimum Gasteiger partial charge on any atom is -0.331 e. The van der Waals surface area contributed by atoms with Gasteiger partial charge in [-0.2, -0.15) is 0 Å². The normalized spacial score (nSPS) is 27.6. The van der Waals surface area contributed by atoms with E-state index in [4.69, 9.17) is 11.6 Å². The van der Waals surface area contributed by atoms with Gasteiger partial charge in [-0.3, -0.25) is 4.79 Å². The summed E-state index contributed by atoms with van der Waals surface area (Å²) in [6.45, 7) is 1.85. The summed E-state index contributed by atoms with van der Waals surface area (Å²) >= 11 is 5.55. The lowest BCUT2D eigenvalue weighted by Crippen LogP contribution is -2.33. The summed E-state index contributed by atoms with van der Waals surface area (Å²) in [7, 11) is 0. The third-order valence-electron chi connectivity index (χ3n) is 2.77. The topological polar surface area (TPSA) is 20.3 Å². The van der Waals surface area contributed by atoms with E-state index in [-0.39, 0.29) is 12.3 Å². The second-order valence-electron chi connectivity index (χ2n) is 4.11. The van der Waals surface area contributed by atoms with Crippen LogP contribution in [0.15, 0.2) is 30.3 Å². The summed E-state index contributed by atoms with van der Waals surface area (Å²) < 4.78 is 13.3. The Hall–Kier alpha value is -1.09. The minimum atomic E-state index is -1.72. The SMILES string of the molecule is CC(=O)N(Cc1ccccc1)[C@@H]1C[C@@]1(F)Cl. The molecule has 1 aromatic rings. The van der Waals surface area contributed by atoms with Gasteiger partial charge in [0.1, 0.15) is 0 Å². The number of hydrogen-bond donors (Lipinski definition) is 0. The van der Waals surface area contributed by atoms with Gasteiger partial charge in [0.15, 0.2) is 0 Å². The molecular formula is C12H13ClFNO. The number of halogens is 2. The lowest BCUT2D eigenvalue weighted by atomic mass is 10.2. The van der Waals surface area contributed by atoms with Crippen LogP contribution in [0.2, 0.25) is 0 Å². The summed E-state index contributed by atoms with van der Waals surface area (Å²) in [5.74, 6) is -0.144. The van der Waals surface area contributed by atoms with Gasteiger partial charge < -0.3 is 4.90 Å². The molecule has 4 heteroatoms. The number of amides is 1. The minimum absolute atomic E-state index is 0.144. The molecule has 86 valence electrons. The van der Waals surface area contributed by atoms with Crippen LogP contribution in [0, 0.1) is 0 Å². The second kappa shape index (κ2) is 4.06. The Labute approximate surface area is 99.0 Å². The molecule has 1 saturated carbocycles. The van der Waals surface area contributed by atoms with Gasteiger partial charge in [0.2, 0.25) is 11.0 Å². The predicted octanol–water partition coefficient (Wildman–Crippen LogP) is 2.71. The molecule has 0 radical (unpaired) electrons. The van der Waals surface area contributed by atoms with Crippen molar-refractivity contribution in [1.29, 1.82) is 0 Å². The van der Waals surface area contributed by atoms with Gasteiger partial charge in [-0.15, -0.1) is 0 Å². The fourth-order valence-corrected chi connectivity index (χ4v) is 2.02. The van der Waals surface area contributed by atoms with Crippen molar-refractivity contribution in [2.24, 2.45) is 0 Å². The molecule has 1 amide bonds. The van der Waals surface area contributed by atoms with Crippen molar-refractivity contribution in [2.75, 3.05) is 0 Å². The lowest BCUT2D eigenvalue weighted by molar-refractivity contribution is -0.130. The first-order valence-electron chi connectivity index (χ1n) is 5.19. The zero-order valence-electron chi connectivity index (χ0n) is 8.99. The number of carbonyl (C=O) groups is 1. The van der Waals surface area contributed by atoms with E-state index in [9.17, 15) is 9.18 Å². The summed E-state index contributed by atoms with van der Waals surface area (Å²) in [4.78, 5) is 12.9. The maximum Gasteiger partial charge on any atom is 0.220 e. The molecule has 0 spiro atoms. The van der Waals surface area contributed by atoms with Crippen molar-refractivity contribution >= 4 is 17.5 Å². The first kappa shape index (κ1) is 11.4. The molecule has 1 aliphatic carbocycles. The van der Waals surface area contributed by atoms with E-state index < -0.39 is 11.2 Å². The first-order valence-corrected chi connectivity index (χ1v) is 5.57. The van der Waals surface area contributed by atoms with Crippen LogP contribution in [-0.2, 0) is 11.3 Å². The number of benzene rings is 1. The summed E-state index contributed by atoms with van der Waals surface area (Å²) in [6.07, 6.45) is 0.223. The molecule has 1 aromatic carbocycles. The largest absolute Gasteiger partial charge is 0.331 e. The molecule has 0 heterocycles. The molecule has 16 heavy (non-hydrogen) atoms. The Bertz CT molecular complexity index is 393. The standard InChI is InChI=1S/C12H13ClFNO/c1-9(16)15(11-7-12(11,13)14)8-10-5-3-2-4-6-10/h2-6,11H,7-8H2,1H3/t11-,12+/m1/s1. The van der Waals surface area contributed by atoms with E-state index in [0.717, 1.165) is 5.56 Å². The Morgan fingerprint density at radius 1 is 1.56 bits per heavy atom. The lowest BCUT2D eigenvalue weighted by Gasteiger charge is -2.21. The third kappa shape index (κ3) is 2.35. The molecule has 0 aromatic heterocycles. The molecule has 2 rings (SSSR count). The van der Waals surface area contributed by atoms with E-state index in [1.807, 2.05) is 30.3 Å². The van der Waals surface area contributed by atoms with Crippen LogP contribution in [0.4, 0.5) is 4.39 Å². The summed E-state index contributed by atoms with van der Waals surface area (Å²) in [5, 5.41) is -1.72. The smallest absolute Gasteiger partial charge is 0.220 e. The Morgan fingerprint density at radius 3 is 2.56 bits per heavy atom. The van der Waals surface area contributed by atoms with E-state index in [1.54, 1.807) is 0 Å². The Morgan fingerprint density at radius 2 is 2.12 bits per heavy atom. The van der Waals surface area contributed by atoms with Crippen LogP contribution in [0.1, 0.15) is 18.9 Å². The van der Waals surface area contributed by atoms with E-state index >= 15 is 0 Å². The van der Waals surface area contributed by atoms with Gasteiger partial charge in [0.05, 0.1) is 6.04 Å². The van der Waals surface area contributed by atoms with Crippen LogP contribution in [0.25, 0.3) is 0 Å². The first-order chi connectivity index (χ1) is 7.50. The van der Waals surface area contributed by atoms with E-state index in [2.05, 4.69) is 0 Å². The quantitative estimate of drug-likeness (QED) is 0.746. The maximum absolute atomic E-state index is 13.3. The average Bonchev–Trinajstić information content (AvgIpc) is 2.85. The molecule has 0 unspecified atom stereocenters. The fourth-order valence-electron chi connectivity index (χ4n) is 1.76. The van der Waals surface area contributed by atoms with Gasteiger partial charge >= 0.3 is 0 Å². The highest BCUT2D eigenvalue weighted by molar-refractivity contribution is 6.25. The zero-order valence-corrected chi connectivity index (χ0v) is 9.75. The fraction of sp³-hybridized carbons (Fsp3) is 0.417. The molecule has 0 N–H and O–H groups in total. The van der Waals surface area contributed by atoms with Gasteiger partial charge in [-0.25, -0.2) is 4.39 Å². The van der Waals surface area contributed by atoms with E-state index in [0.29, 0.717) is 6.54 Å². The highest BCUT2D eigenvalue weighted by Gasteiger charge is 2.58. The van der Waals surface area contributed by atoms with Gasteiger partial charge in [-0.1, -0.05) is 41.9 Å². The van der Waals surface area contributed by atoms with Gasteiger partial charge in [0, 0.05) is 19.9 Å². The second-order valence-corrected chi connectivity index (χ2v) is 4.74. The highest BCUT2D eigenvalue weighted by atomic mass is 35.5. The predicted molar refractivity (Wildman–Crippen MR) is 60.8 cm³/mol. The van der Waals surface area contributed by atoms with Gasteiger partial charge in [-0.05, 0) is 5.56 Å². The third-order valence-corrected chi connectivity index (χ3v) is 3.18. The van der Waals surface area contributed by atoms with Crippen molar-refractivity contribution < 1.29 is 9.18 Å². The molecule has 2 nitrogen and oxygen atoms in total. The molecular weight excluding hydrogens is 229 g/mol. The maximum atomic E-state index is 13.3. The summed E-state index contributed by atoms with van der Waals surface area (Å²) in [6, 6.07) is 9.03. The molecule has 0 bridgehead atoms.